The number of aromatic nitrogens is 3. The van der Waals surface area contributed by atoms with Gasteiger partial charge in [0.15, 0.2) is 0 Å². The molecular formula is C15H13F3N4O2. The molecule has 0 N–H and O–H groups in total. The Morgan fingerprint density at radius 1 is 1.25 bits per heavy atom. The number of ether oxygens (including phenoxy) is 1. The van der Waals surface area contributed by atoms with Crippen LogP contribution in [0.1, 0.15) is 22.5 Å². The van der Waals surface area contributed by atoms with Gasteiger partial charge in [-0.05, 0) is 12.1 Å². The maximum Gasteiger partial charge on any atom is 0.433 e. The average Bonchev–Trinajstić information content (AvgIpc) is 3.03. The van der Waals surface area contributed by atoms with Crippen molar-refractivity contribution in [3.8, 4) is 5.88 Å². The van der Waals surface area contributed by atoms with Gasteiger partial charge in [-0.25, -0.2) is 9.97 Å². The van der Waals surface area contributed by atoms with Gasteiger partial charge >= 0.3 is 6.18 Å². The fourth-order valence-corrected chi connectivity index (χ4v) is 2.40. The van der Waals surface area contributed by atoms with Crippen molar-refractivity contribution in [1.29, 1.82) is 0 Å². The quantitative estimate of drug-likeness (QED) is 0.858. The first kappa shape index (κ1) is 16.2. The van der Waals surface area contributed by atoms with Crippen LogP contribution in [0, 0.1) is 0 Å². The normalized spacial score (nSPS) is 17.8. The molecule has 2 aromatic heterocycles. The van der Waals surface area contributed by atoms with E-state index in [-0.39, 0.29) is 17.6 Å². The molecule has 0 aliphatic carbocycles. The number of hydrogen-bond acceptors (Lipinski definition) is 5. The lowest BCUT2D eigenvalue weighted by molar-refractivity contribution is -0.141. The standard InChI is InChI=1S/C15H13F3N4O2/c16-15(17,18)12-2-1-10(7-20-12)14(23)22-6-4-11(8-22)24-13-3-5-19-9-21-13/h1-3,5,7,9,11H,4,6,8H2/t11-/m0/s1. The van der Waals surface area contributed by atoms with Gasteiger partial charge in [-0.15, -0.1) is 0 Å². The van der Waals surface area contributed by atoms with Gasteiger partial charge in [0, 0.05) is 31.4 Å². The molecule has 126 valence electrons. The third-order valence-electron chi connectivity index (χ3n) is 3.58. The second-order valence-electron chi connectivity index (χ2n) is 5.26. The Bertz CT molecular complexity index is 707. The zero-order chi connectivity index (χ0) is 17.2. The van der Waals surface area contributed by atoms with Crippen LogP contribution in [-0.4, -0.2) is 45.0 Å². The SMILES string of the molecule is O=C(c1ccc(C(F)(F)F)nc1)N1CC[C@H](Oc2ccncn2)C1. The Morgan fingerprint density at radius 2 is 2.08 bits per heavy atom. The molecule has 1 aliphatic rings. The van der Waals surface area contributed by atoms with E-state index < -0.39 is 11.9 Å². The van der Waals surface area contributed by atoms with E-state index in [1.54, 1.807) is 12.3 Å². The smallest absolute Gasteiger partial charge is 0.433 e. The molecule has 24 heavy (non-hydrogen) atoms. The van der Waals surface area contributed by atoms with E-state index in [0.29, 0.717) is 25.4 Å². The topological polar surface area (TPSA) is 68.2 Å². The maximum absolute atomic E-state index is 12.5. The summed E-state index contributed by atoms with van der Waals surface area (Å²) in [6, 6.07) is 3.55. The number of pyridine rings is 1. The number of nitrogens with zero attached hydrogens (tertiary/aromatic N) is 4. The summed E-state index contributed by atoms with van der Waals surface area (Å²) >= 11 is 0. The van der Waals surface area contributed by atoms with E-state index in [1.165, 1.54) is 11.2 Å². The van der Waals surface area contributed by atoms with E-state index in [2.05, 4.69) is 15.0 Å². The highest BCUT2D eigenvalue weighted by atomic mass is 19.4. The largest absolute Gasteiger partial charge is 0.472 e. The van der Waals surface area contributed by atoms with Crippen LogP contribution in [0.5, 0.6) is 5.88 Å². The average molecular weight is 338 g/mol. The molecule has 0 saturated carbocycles. The van der Waals surface area contributed by atoms with Gasteiger partial charge in [0.05, 0.1) is 12.1 Å². The van der Waals surface area contributed by atoms with Crippen LogP contribution in [0.25, 0.3) is 0 Å². The Kier molecular flexibility index (Phi) is 4.32. The fourth-order valence-electron chi connectivity index (χ4n) is 2.40. The third-order valence-corrected chi connectivity index (χ3v) is 3.58. The van der Waals surface area contributed by atoms with Crippen LogP contribution < -0.4 is 4.74 Å². The summed E-state index contributed by atoms with van der Waals surface area (Å²) in [6.45, 7) is 0.791. The lowest BCUT2D eigenvalue weighted by Crippen LogP contribution is -2.31. The summed E-state index contributed by atoms with van der Waals surface area (Å²) < 4.78 is 43.1. The first-order chi connectivity index (χ1) is 11.4. The second-order valence-corrected chi connectivity index (χ2v) is 5.26. The molecule has 3 heterocycles. The Hall–Kier alpha value is -2.71. The number of hydrogen-bond donors (Lipinski definition) is 0. The van der Waals surface area contributed by atoms with E-state index in [1.807, 2.05) is 0 Å². The number of halogens is 3. The summed E-state index contributed by atoms with van der Waals surface area (Å²) in [5.74, 6) is 0.0468. The van der Waals surface area contributed by atoms with E-state index in [9.17, 15) is 18.0 Å². The van der Waals surface area contributed by atoms with Crippen LogP contribution in [-0.2, 0) is 6.18 Å². The number of carbonyl (C=O) groups is 1. The molecule has 0 unspecified atom stereocenters. The highest BCUT2D eigenvalue weighted by molar-refractivity contribution is 5.94. The van der Waals surface area contributed by atoms with Crippen LogP contribution in [0.2, 0.25) is 0 Å². The molecule has 1 atom stereocenters. The van der Waals surface area contributed by atoms with Gasteiger partial charge in [-0.3, -0.25) is 9.78 Å². The molecule has 1 amide bonds. The molecule has 3 rings (SSSR count). The monoisotopic (exact) mass is 338 g/mol. The van der Waals surface area contributed by atoms with Crippen molar-refractivity contribution in [2.75, 3.05) is 13.1 Å². The first-order valence-electron chi connectivity index (χ1n) is 7.18. The minimum absolute atomic E-state index is 0.116. The number of carbonyl (C=O) groups excluding carboxylic acids is 1. The molecule has 0 radical (unpaired) electrons. The predicted molar refractivity (Wildman–Crippen MR) is 76.2 cm³/mol. The number of rotatable bonds is 3. The van der Waals surface area contributed by atoms with Gasteiger partial charge in [-0.1, -0.05) is 0 Å². The molecule has 2 aromatic rings. The zero-order valence-corrected chi connectivity index (χ0v) is 12.4. The van der Waals surface area contributed by atoms with Crippen molar-refractivity contribution in [3.63, 3.8) is 0 Å². The molecular weight excluding hydrogens is 325 g/mol. The summed E-state index contributed by atoms with van der Waals surface area (Å²) in [6.07, 6.45) is -0.264. The molecule has 0 spiro atoms. The Labute approximate surface area is 135 Å². The highest BCUT2D eigenvalue weighted by Crippen LogP contribution is 2.27. The number of amides is 1. The van der Waals surface area contributed by atoms with E-state index in [4.69, 9.17) is 4.74 Å². The predicted octanol–water partition coefficient (Wildman–Crippen LogP) is 2.18. The summed E-state index contributed by atoms with van der Waals surface area (Å²) in [4.78, 5) is 24.9. The van der Waals surface area contributed by atoms with Gasteiger partial charge in [0.1, 0.15) is 18.1 Å². The van der Waals surface area contributed by atoms with Gasteiger partial charge < -0.3 is 9.64 Å². The third kappa shape index (κ3) is 3.61. The lowest BCUT2D eigenvalue weighted by atomic mass is 10.2. The molecule has 1 fully saturated rings. The molecule has 0 bridgehead atoms. The molecule has 0 aromatic carbocycles. The summed E-state index contributed by atoms with van der Waals surface area (Å²) in [5, 5.41) is 0. The van der Waals surface area contributed by atoms with E-state index >= 15 is 0 Å². The van der Waals surface area contributed by atoms with Crippen molar-refractivity contribution >= 4 is 5.91 Å². The Morgan fingerprint density at radius 3 is 2.71 bits per heavy atom. The fraction of sp³-hybridized carbons (Fsp3) is 0.333. The molecule has 1 saturated heterocycles. The van der Waals surface area contributed by atoms with Gasteiger partial charge in [-0.2, -0.15) is 13.2 Å². The summed E-state index contributed by atoms with van der Waals surface area (Å²) in [5.41, 5.74) is -0.906. The molecule has 9 heteroatoms. The van der Waals surface area contributed by atoms with E-state index in [0.717, 1.165) is 18.3 Å². The van der Waals surface area contributed by atoms with Crippen LogP contribution in [0.15, 0.2) is 36.9 Å². The van der Waals surface area contributed by atoms with Crippen LogP contribution in [0.4, 0.5) is 13.2 Å². The molecule has 6 nitrogen and oxygen atoms in total. The summed E-state index contributed by atoms with van der Waals surface area (Å²) in [7, 11) is 0. The number of alkyl halides is 3. The van der Waals surface area contributed by atoms with Gasteiger partial charge in [0.2, 0.25) is 5.88 Å². The highest BCUT2D eigenvalue weighted by Gasteiger charge is 2.33. The van der Waals surface area contributed by atoms with Crippen molar-refractivity contribution < 1.29 is 22.7 Å². The minimum atomic E-state index is -4.52. The first-order valence-corrected chi connectivity index (χ1v) is 7.18. The van der Waals surface area contributed by atoms with Crippen molar-refractivity contribution in [2.24, 2.45) is 0 Å². The Balaban J connectivity index is 1.62. The van der Waals surface area contributed by atoms with Crippen LogP contribution in [0.3, 0.4) is 0 Å². The van der Waals surface area contributed by atoms with Crippen molar-refractivity contribution in [1.82, 2.24) is 19.9 Å². The maximum atomic E-state index is 12.5. The molecule has 1 aliphatic heterocycles. The van der Waals surface area contributed by atoms with Crippen molar-refractivity contribution in [2.45, 2.75) is 18.7 Å². The minimum Gasteiger partial charge on any atom is -0.472 e. The van der Waals surface area contributed by atoms with Crippen molar-refractivity contribution in [3.05, 3.63) is 48.2 Å². The zero-order valence-electron chi connectivity index (χ0n) is 12.4. The number of likely N-dealkylation sites (tertiary alicyclic amines) is 1. The van der Waals surface area contributed by atoms with Gasteiger partial charge in [0.25, 0.3) is 5.91 Å². The van der Waals surface area contributed by atoms with Crippen LogP contribution >= 0.6 is 0 Å². The lowest BCUT2D eigenvalue weighted by Gasteiger charge is -2.17. The second kappa shape index (κ2) is 6.42.